The molecule has 0 saturated heterocycles. The first-order valence-electron chi connectivity index (χ1n) is 10.6. The molecular formula is C24H20N6O5. The van der Waals surface area contributed by atoms with Crippen molar-refractivity contribution < 1.29 is 18.8 Å². The first-order chi connectivity index (χ1) is 17.1. The summed E-state index contributed by atoms with van der Waals surface area (Å²) in [5.74, 6) is 1.15. The SMILES string of the molecule is COc1ccc(OC)c(NC(=O)Cn2nc3c(-c4nc(-c5ccccc5)no4)cccn3c2=O)c1. The lowest BCUT2D eigenvalue weighted by atomic mass is 10.2. The summed E-state index contributed by atoms with van der Waals surface area (Å²) in [6.07, 6.45) is 1.56. The molecule has 5 aromatic rings. The van der Waals surface area contributed by atoms with Crippen LogP contribution in [0.3, 0.4) is 0 Å². The fourth-order valence-electron chi connectivity index (χ4n) is 3.58. The summed E-state index contributed by atoms with van der Waals surface area (Å²) < 4.78 is 18.3. The molecule has 1 amide bonds. The summed E-state index contributed by atoms with van der Waals surface area (Å²) >= 11 is 0. The lowest BCUT2D eigenvalue weighted by molar-refractivity contribution is -0.117. The molecule has 35 heavy (non-hydrogen) atoms. The predicted molar refractivity (Wildman–Crippen MR) is 126 cm³/mol. The van der Waals surface area contributed by atoms with Gasteiger partial charge in [-0.1, -0.05) is 35.5 Å². The number of nitrogens with one attached hydrogen (secondary N) is 1. The Morgan fingerprint density at radius 2 is 1.89 bits per heavy atom. The molecule has 176 valence electrons. The number of hydrogen-bond acceptors (Lipinski definition) is 8. The molecule has 3 heterocycles. The topological polar surface area (TPSA) is 126 Å². The Hall–Kier alpha value is -4.93. The number of fused-ring (bicyclic) bond motifs is 1. The average Bonchev–Trinajstić information content (AvgIpc) is 3.50. The number of aromatic nitrogens is 5. The van der Waals surface area contributed by atoms with Gasteiger partial charge in [-0.3, -0.25) is 4.79 Å². The van der Waals surface area contributed by atoms with Crippen LogP contribution in [0.5, 0.6) is 11.5 Å². The van der Waals surface area contributed by atoms with Crippen molar-refractivity contribution in [2.24, 2.45) is 0 Å². The van der Waals surface area contributed by atoms with Crippen LogP contribution in [-0.4, -0.2) is 44.4 Å². The van der Waals surface area contributed by atoms with Gasteiger partial charge in [0.05, 0.1) is 25.5 Å². The maximum absolute atomic E-state index is 12.9. The van der Waals surface area contributed by atoms with E-state index in [-0.39, 0.29) is 18.1 Å². The van der Waals surface area contributed by atoms with Crippen LogP contribution in [0.2, 0.25) is 0 Å². The first-order valence-corrected chi connectivity index (χ1v) is 10.6. The normalized spacial score (nSPS) is 10.9. The molecule has 0 aliphatic heterocycles. The number of pyridine rings is 1. The van der Waals surface area contributed by atoms with Crippen LogP contribution in [0.4, 0.5) is 5.69 Å². The van der Waals surface area contributed by atoms with Crippen LogP contribution in [0.25, 0.3) is 28.5 Å². The van der Waals surface area contributed by atoms with Gasteiger partial charge in [-0.25, -0.2) is 13.9 Å². The van der Waals surface area contributed by atoms with Gasteiger partial charge >= 0.3 is 5.69 Å². The Morgan fingerprint density at radius 3 is 2.66 bits per heavy atom. The quantitative estimate of drug-likeness (QED) is 0.383. The van der Waals surface area contributed by atoms with Gasteiger partial charge in [-0.2, -0.15) is 4.98 Å². The Bertz CT molecular complexity index is 1570. The van der Waals surface area contributed by atoms with Crippen LogP contribution in [0.15, 0.2) is 76.2 Å². The molecule has 1 N–H and O–H groups in total. The van der Waals surface area contributed by atoms with Crippen LogP contribution < -0.4 is 20.5 Å². The zero-order chi connectivity index (χ0) is 24.4. The van der Waals surface area contributed by atoms with Gasteiger partial charge < -0.3 is 19.3 Å². The minimum absolute atomic E-state index is 0.206. The molecular weight excluding hydrogens is 452 g/mol. The van der Waals surface area contributed by atoms with Crippen molar-refractivity contribution in [3.05, 3.63) is 77.3 Å². The van der Waals surface area contributed by atoms with E-state index in [1.54, 1.807) is 36.5 Å². The van der Waals surface area contributed by atoms with Gasteiger partial charge in [0.25, 0.3) is 5.89 Å². The maximum Gasteiger partial charge on any atom is 0.350 e. The Balaban J connectivity index is 1.44. The molecule has 0 atom stereocenters. The van der Waals surface area contributed by atoms with E-state index in [2.05, 4.69) is 20.6 Å². The highest BCUT2D eigenvalue weighted by molar-refractivity contribution is 5.92. The second-order valence-electron chi connectivity index (χ2n) is 7.46. The minimum Gasteiger partial charge on any atom is -0.497 e. The van der Waals surface area contributed by atoms with Gasteiger partial charge in [0.1, 0.15) is 18.0 Å². The molecule has 0 radical (unpaired) electrons. The number of benzene rings is 2. The number of carbonyl (C=O) groups excluding carboxylic acids is 1. The van der Waals surface area contributed by atoms with E-state index in [1.807, 2.05) is 30.3 Å². The fraction of sp³-hybridized carbons (Fsp3) is 0.125. The Labute approximate surface area is 198 Å². The van der Waals surface area contributed by atoms with Crippen LogP contribution >= 0.6 is 0 Å². The molecule has 0 unspecified atom stereocenters. The van der Waals surface area contributed by atoms with Crippen molar-refractivity contribution in [1.82, 2.24) is 24.3 Å². The summed E-state index contributed by atoms with van der Waals surface area (Å²) in [4.78, 5) is 30.1. The number of anilines is 1. The van der Waals surface area contributed by atoms with Crippen molar-refractivity contribution in [3.8, 4) is 34.3 Å². The second-order valence-corrected chi connectivity index (χ2v) is 7.46. The van der Waals surface area contributed by atoms with Crippen molar-refractivity contribution in [3.63, 3.8) is 0 Å². The van der Waals surface area contributed by atoms with Crippen LogP contribution in [0.1, 0.15) is 0 Å². The molecule has 11 heteroatoms. The van der Waals surface area contributed by atoms with E-state index in [9.17, 15) is 9.59 Å². The van der Waals surface area contributed by atoms with Crippen LogP contribution in [-0.2, 0) is 11.3 Å². The van der Waals surface area contributed by atoms with E-state index in [1.165, 1.54) is 18.6 Å². The van der Waals surface area contributed by atoms with E-state index >= 15 is 0 Å². The number of carbonyl (C=O) groups is 1. The third kappa shape index (κ3) is 4.22. The van der Waals surface area contributed by atoms with E-state index in [0.717, 1.165) is 10.2 Å². The van der Waals surface area contributed by atoms with Gasteiger partial charge in [0, 0.05) is 17.8 Å². The minimum atomic E-state index is -0.489. The molecule has 11 nitrogen and oxygen atoms in total. The molecule has 0 bridgehead atoms. The molecule has 2 aromatic carbocycles. The Kier molecular flexibility index (Phi) is 5.71. The van der Waals surface area contributed by atoms with Crippen molar-refractivity contribution in [2.45, 2.75) is 6.54 Å². The smallest absolute Gasteiger partial charge is 0.350 e. The fourth-order valence-corrected chi connectivity index (χ4v) is 3.58. The van der Waals surface area contributed by atoms with Crippen molar-refractivity contribution in [1.29, 1.82) is 0 Å². The van der Waals surface area contributed by atoms with Crippen LogP contribution in [0, 0.1) is 0 Å². The second kappa shape index (κ2) is 9.14. The highest BCUT2D eigenvalue weighted by Crippen LogP contribution is 2.29. The Morgan fingerprint density at radius 1 is 1.06 bits per heavy atom. The molecule has 0 saturated carbocycles. The summed E-state index contributed by atoms with van der Waals surface area (Å²) in [6, 6.07) is 17.8. The van der Waals surface area contributed by atoms with E-state index in [4.69, 9.17) is 14.0 Å². The molecule has 0 spiro atoms. The third-order valence-electron chi connectivity index (χ3n) is 5.27. The van der Waals surface area contributed by atoms with Crippen molar-refractivity contribution >= 4 is 17.2 Å². The number of rotatable bonds is 7. The van der Waals surface area contributed by atoms with E-state index in [0.29, 0.717) is 28.6 Å². The number of ether oxygens (including phenoxy) is 2. The summed E-state index contributed by atoms with van der Waals surface area (Å²) in [7, 11) is 3.01. The zero-order valence-corrected chi connectivity index (χ0v) is 18.8. The lowest BCUT2D eigenvalue weighted by Crippen LogP contribution is -2.28. The van der Waals surface area contributed by atoms with Gasteiger partial charge in [0.2, 0.25) is 11.7 Å². The number of hydrogen-bond donors (Lipinski definition) is 1. The van der Waals surface area contributed by atoms with Gasteiger partial charge in [-0.15, -0.1) is 5.10 Å². The monoisotopic (exact) mass is 472 g/mol. The molecule has 0 aliphatic rings. The number of nitrogens with zero attached hydrogens (tertiary/aromatic N) is 5. The predicted octanol–water partition coefficient (Wildman–Crippen LogP) is 2.87. The average molecular weight is 472 g/mol. The summed E-state index contributed by atoms with van der Waals surface area (Å²) in [5.41, 5.74) is 1.47. The van der Waals surface area contributed by atoms with Gasteiger partial charge in [-0.05, 0) is 24.3 Å². The van der Waals surface area contributed by atoms with Gasteiger partial charge in [0.15, 0.2) is 5.65 Å². The summed E-state index contributed by atoms with van der Waals surface area (Å²) in [5, 5.41) is 11.1. The molecule has 0 fully saturated rings. The highest BCUT2D eigenvalue weighted by Gasteiger charge is 2.19. The number of amides is 1. The highest BCUT2D eigenvalue weighted by atomic mass is 16.5. The first kappa shape index (κ1) is 21.9. The number of methoxy groups -OCH3 is 2. The van der Waals surface area contributed by atoms with Crippen molar-refractivity contribution in [2.75, 3.05) is 19.5 Å². The molecule has 3 aromatic heterocycles. The third-order valence-corrected chi connectivity index (χ3v) is 5.27. The molecule has 0 aliphatic carbocycles. The van der Waals surface area contributed by atoms with E-state index < -0.39 is 11.6 Å². The summed E-state index contributed by atoms with van der Waals surface area (Å²) in [6.45, 7) is -0.320. The standard InChI is InChI=1S/C24H20N6O5/c1-33-16-10-11-19(34-2)18(13-16)25-20(31)14-30-24(32)29-12-6-9-17(22(29)27-30)23-26-21(28-35-23)15-7-4-3-5-8-15/h3-13H,14H2,1-2H3,(H,25,31). The lowest BCUT2D eigenvalue weighted by Gasteiger charge is -2.11. The zero-order valence-electron chi connectivity index (χ0n) is 18.8. The maximum atomic E-state index is 12.9. The molecule has 5 rings (SSSR count). The largest absolute Gasteiger partial charge is 0.497 e.